The van der Waals surface area contributed by atoms with Crippen molar-refractivity contribution in [2.24, 2.45) is 0 Å². The Morgan fingerprint density at radius 3 is 2.73 bits per heavy atom. The number of benzene rings is 1. The first-order chi connectivity index (χ1) is 10.6. The number of carbonyl (C=O) groups excluding carboxylic acids is 1. The summed E-state index contributed by atoms with van der Waals surface area (Å²) in [5.74, 6) is 1.08. The summed E-state index contributed by atoms with van der Waals surface area (Å²) < 4.78 is 5.20. The van der Waals surface area contributed by atoms with Gasteiger partial charge in [0.25, 0.3) is 0 Å². The Bertz CT molecular complexity index is 610. The first-order valence-corrected chi connectivity index (χ1v) is 7.80. The maximum Gasteiger partial charge on any atom is 0.227 e. The Morgan fingerprint density at radius 2 is 2.05 bits per heavy atom. The van der Waals surface area contributed by atoms with Gasteiger partial charge in [-0.05, 0) is 30.7 Å². The zero-order chi connectivity index (χ0) is 15.9. The van der Waals surface area contributed by atoms with Gasteiger partial charge < -0.3 is 9.42 Å². The first-order valence-electron chi connectivity index (χ1n) is 7.42. The Labute approximate surface area is 135 Å². The Balaban J connectivity index is 1.89. The highest BCUT2D eigenvalue weighted by Crippen LogP contribution is 2.19. The summed E-state index contributed by atoms with van der Waals surface area (Å²) in [7, 11) is 1.82. The zero-order valence-corrected chi connectivity index (χ0v) is 13.6. The average molecular weight is 322 g/mol. The highest BCUT2D eigenvalue weighted by atomic mass is 35.5. The van der Waals surface area contributed by atoms with E-state index in [4.69, 9.17) is 16.1 Å². The molecule has 0 radical (unpaired) electrons. The van der Waals surface area contributed by atoms with Gasteiger partial charge in [-0.15, -0.1) is 0 Å². The highest BCUT2D eigenvalue weighted by Gasteiger charge is 2.13. The van der Waals surface area contributed by atoms with Gasteiger partial charge >= 0.3 is 0 Å². The molecule has 118 valence electrons. The Hall–Kier alpha value is -1.88. The lowest BCUT2D eigenvalue weighted by atomic mass is 10.2. The van der Waals surface area contributed by atoms with E-state index in [1.54, 1.807) is 17.0 Å². The molecule has 0 aliphatic heterocycles. The summed E-state index contributed by atoms with van der Waals surface area (Å²) in [5.41, 5.74) is 0.839. The molecule has 0 spiro atoms. The van der Waals surface area contributed by atoms with Crippen LogP contribution in [0.15, 0.2) is 28.8 Å². The molecule has 1 amide bonds. The molecule has 0 fully saturated rings. The molecule has 5 nitrogen and oxygen atoms in total. The van der Waals surface area contributed by atoms with E-state index in [2.05, 4.69) is 17.1 Å². The Morgan fingerprint density at radius 1 is 1.32 bits per heavy atom. The van der Waals surface area contributed by atoms with E-state index >= 15 is 0 Å². The summed E-state index contributed by atoms with van der Waals surface area (Å²) in [6.07, 6.45) is 2.92. The molecule has 0 saturated carbocycles. The first kappa shape index (κ1) is 16.5. The fourth-order valence-corrected chi connectivity index (χ4v) is 2.12. The molecule has 1 aromatic carbocycles. The summed E-state index contributed by atoms with van der Waals surface area (Å²) in [5, 5.41) is 4.59. The standard InChI is InChI=1S/C16H20ClN3O2/c1-3-4-11-20(2)15(21)10-9-14-18-16(19-22-14)12-5-7-13(17)8-6-12/h5-8H,3-4,9-11H2,1-2H3. The smallest absolute Gasteiger partial charge is 0.227 e. The maximum atomic E-state index is 12.0. The van der Waals surface area contributed by atoms with E-state index in [-0.39, 0.29) is 5.91 Å². The topological polar surface area (TPSA) is 59.2 Å². The predicted octanol–water partition coefficient (Wildman–Crippen LogP) is 3.58. The fraction of sp³-hybridized carbons (Fsp3) is 0.438. The molecule has 2 rings (SSSR count). The molecule has 0 aliphatic rings. The van der Waals surface area contributed by atoms with Crippen LogP contribution >= 0.6 is 11.6 Å². The molecular weight excluding hydrogens is 302 g/mol. The van der Waals surface area contributed by atoms with Crippen LogP contribution in [0.3, 0.4) is 0 Å². The van der Waals surface area contributed by atoms with Crippen molar-refractivity contribution < 1.29 is 9.32 Å². The molecule has 0 unspecified atom stereocenters. The predicted molar refractivity (Wildman–Crippen MR) is 85.6 cm³/mol. The van der Waals surface area contributed by atoms with E-state index in [0.717, 1.165) is 24.9 Å². The van der Waals surface area contributed by atoms with Gasteiger partial charge in [0, 0.05) is 37.0 Å². The molecule has 22 heavy (non-hydrogen) atoms. The molecule has 0 atom stereocenters. The molecule has 0 bridgehead atoms. The van der Waals surface area contributed by atoms with Gasteiger partial charge in [0.05, 0.1) is 0 Å². The van der Waals surface area contributed by atoms with E-state index in [0.29, 0.717) is 29.6 Å². The summed E-state index contributed by atoms with van der Waals surface area (Å²) in [4.78, 5) is 18.0. The molecule has 1 aromatic heterocycles. The van der Waals surface area contributed by atoms with Crippen molar-refractivity contribution in [1.29, 1.82) is 0 Å². The molecular formula is C16H20ClN3O2. The van der Waals surface area contributed by atoms with Crippen LogP contribution in [0.2, 0.25) is 5.02 Å². The number of rotatable bonds is 7. The van der Waals surface area contributed by atoms with Gasteiger partial charge in [-0.25, -0.2) is 0 Å². The fourth-order valence-electron chi connectivity index (χ4n) is 2.00. The van der Waals surface area contributed by atoms with Crippen LogP contribution in [0.5, 0.6) is 0 Å². The second kappa shape index (κ2) is 7.94. The number of hydrogen-bond donors (Lipinski definition) is 0. The number of amides is 1. The van der Waals surface area contributed by atoms with E-state index in [1.807, 2.05) is 19.2 Å². The molecule has 0 saturated heterocycles. The molecule has 0 aliphatic carbocycles. The number of unbranched alkanes of at least 4 members (excludes halogenated alkanes) is 1. The Kier molecular flexibility index (Phi) is 5.95. The minimum atomic E-state index is 0.0969. The van der Waals surface area contributed by atoms with E-state index in [9.17, 15) is 4.79 Å². The van der Waals surface area contributed by atoms with Crippen molar-refractivity contribution in [2.75, 3.05) is 13.6 Å². The van der Waals surface area contributed by atoms with Crippen molar-refractivity contribution in [3.05, 3.63) is 35.2 Å². The van der Waals surface area contributed by atoms with Gasteiger partial charge in [-0.1, -0.05) is 30.1 Å². The molecule has 2 aromatic rings. The third kappa shape index (κ3) is 4.56. The van der Waals surface area contributed by atoms with E-state index in [1.165, 1.54) is 0 Å². The van der Waals surface area contributed by atoms with Crippen LogP contribution in [-0.2, 0) is 11.2 Å². The zero-order valence-electron chi connectivity index (χ0n) is 12.9. The quantitative estimate of drug-likeness (QED) is 0.782. The lowest BCUT2D eigenvalue weighted by Crippen LogP contribution is -2.27. The second-order valence-corrected chi connectivity index (χ2v) is 5.62. The lowest BCUT2D eigenvalue weighted by Gasteiger charge is -2.15. The normalized spacial score (nSPS) is 10.7. The van der Waals surface area contributed by atoms with Crippen LogP contribution in [0, 0.1) is 0 Å². The third-order valence-corrected chi connectivity index (χ3v) is 3.65. The van der Waals surface area contributed by atoms with Gasteiger partial charge in [0.1, 0.15) is 0 Å². The number of aromatic nitrogens is 2. The summed E-state index contributed by atoms with van der Waals surface area (Å²) in [6.45, 7) is 2.89. The van der Waals surface area contributed by atoms with Crippen molar-refractivity contribution >= 4 is 17.5 Å². The van der Waals surface area contributed by atoms with Crippen LogP contribution in [0.4, 0.5) is 0 Å². The molecule has 6 heteroatoms. The van der Waals surface area contributed by atoms with Crippen LogP contribution in [-0.4, -0.2) is 34.5 Å². The summed E-state index contributed by atoms with van der Waals surface area (Å²) in [6, 6.07) is 7.22. The van der Waals surface area contributed by atoms with Crippen molar-refractivity contribution in [1.82, 2.24) is 15.0 Å². The van der Waals surface area contributed by atoms with Crippen LogP contribution < -0.4 is 0 Å². The molecule has 0 N–H and O–H groups in total. The second-order valence-electron chi connectivity index (χ2n) is 5.19. The third-order valence-electron chi connectivity index (χ3n) is 3.40. The van der Waals surface area contributed by atoms with Gasteiger partial charge in [0.2, 0.25) is 17.6 Å². The van der Waals surface area contributed by atoms with Crippen molar-refractivity contribution in [2.45, 2.75) is 32.6 Å². The minimum absolute atomic E-state index is 0.0969. The number of aryl methyl sites for hydroxylation is 1. The number of carbonyl (C=O) groups is 1. The SMILES string of the molecule is CCCCN(C)C(=O)CCc1nc(-c2ccc(Cl)cc2)no1. The van der Waals surface area contributed by atoms with Crippen molar-refractivity contribution in [3.63, 3.8) is 0 Å². The average Bonchev–Trinajstić information content (AvgIpc) is 2.99. The minimum Gasteiger partial charge on any atom is -0.346 e. The van der Waals surface area contributed by atoms with Gasteiger partial charge in [-0.3, -0.25) is 4.79 Å². The van der Waals surface area contributed by atoms with Crippen LogP contribution in [0.1, 0.15) is 32.1 Å². The monoisotopic (exact) mass is 321 g/mol. The van der Waals surface area contributed by atoms with Gasteiger partial charge in [-0.2, -0.15) is 4.98 Å². The number of halogens is 1. The highest BCUT2D eigenvalue weighted by molar-refractivity contribution is 6.30. The largest absolute Gasteiger partial charge is 0.346 e. The number of nitrogens with zero attached hydrogens (tertiary/aromatic N) is 3. The van der Waals surface area contributed by atoms with Crippen LogP contribution in [0.25, 0.3) is 11.4 Å². The molecule has 1 heterocycles. The maximum absolute atomic E-state index is 12.0. The summed E-state index contributed by atoms with van der Waals surface area (Å²) >= 11 is 5.85. The lowest BCUT2D eigenvalue weighted by molar-refractivity contribution is -0.130. The van der Waals surface area contributed by atoms with E-state index < -0.39 is 0 Å². The van der Waals surface area contributed by atoms with Gasteiger partial charge in [0.15, 0.2) is 0 Å². The van der Waals surface area contributed by atoms with Crippen molar-refractivity contribution in [3.8, 4) is 11.4 Å². The number of hydrogen-bond acceptors (Lipinski definition) is 4.